The molecule has 2 rings (SSSR count). The van der Waals surface area contributed by atoms with Crippen molar-refractivity contribution in [1.29, 1.82) is 0 Å². The number of hydrogen-bond donors (Lipinski definition) is 1. The average molecular weight is 391 g/mol. The maximum Gasteiger partial charge on any atom is 0.306 e. The summed E-state index contributed by atoms with van der Waals surface area (Å²) in [6.07, 6.45) is -0.183. The minimum absolute atomic E-state index is 0.0164. The number of nitro benzene ring substituents is 1. The molecule has 0 aliphatic carbocycles. The highest BCUT2D eigenvalue weighted by Crippen LogP contribution is 2.26. The highest BCUT2D eigenvalue weighted by atomic mass is 35.5. The summed E-state index contributed by atoms with van der Waals surface area (Å²) in [6, 6.07) is 12.1. The van der Waals surface area contributed by atoms with Gasteiger partial charge < -0.3 is 10.1 Å². The van der Waals surface area contributed by atoms with Crippen LogP contribution < -0.4 is 5.32 Å². The number of rotatable bonds is 8. The van der Waals surface area contributed by atoms with E-state index in [2.05, 4.69) is 5.32 Å². The van der Waals surface area contributed by atoms with Crippen LogP contribution >= 0.6 is 11.6 Å². The molecule has 0 spiro atoms. The van der Waals surface area contributed by atoms with Crippen LogP contribution in [-0.4, -0.2) is 29.2 Å². The largest absolute Gasteiger partial charge is 0.456 e. The van der Waals surface area contributed by atoms with Gasteiger partial charge in [-0.25, -0.2) is 0 Å². The molecule has 2 aromatic rings. The number of anilines is 1. The van der Waals surface area contributed by atoms with Crippen LogP contribution in [0.2, 0.25) is 5.02 Å². The third kappa shape index (κ3) is 6.19. The lowest BCUT2D eigenvalue weighted by Gasteiger charge is -2.08. The molecule has 0 saturated carbocycles. The van der Waals surface area contributed by atoms with Gasteiger partial charge in [0.15, 0.2) is 12.4 Å². The first-order valence-electron chi connectivity index (χ1n) is 7.84. The third-order valence-corrected chi connectivity index (χ3v) is 3.77. The zero-order valence-electron chi connectivity index (χ0n) is 14.0. The quantitative estimate of drug-likeness (QED) is 0.319. The van der Waals surface area contributed by atoms with Crippen LogP contribution in [0.15, 0.2) is 48.5 Å². The number of carbonyl (C=O) groups is 3. The highest BCUT2D eigenvalue weighted by molar-refractivity contribution is 6.34. The van der Waals surface area contributed by atoms with Crippen molar-refractivity contribution < 1.29 is 24.0 Å². The molecule has 27 heavy (non-hydrogen) atoms. The number of ether oxygens (including phenoxy) is 1. The summed E-state index contributed by atoms with van der Waals surface area (Å²) in [7, 11) is 0. The van der Waals surface area contributed by atoms with Crippen molar-refractivity contribution in [3.05, 3.63) is 69.2 Å². The van der Waals surface area contributed by atoms with Crippen molar-refractivity contribution in [3.8, 4) is 0 Å². The fourth-order valence-corrected chi connectivity index (χ4v) is 2.33. The van der Waals surface area contributed by atoms with E-state index in [0.717, 1.165) is 6.07 Å². The Balaban J connectivity index is 1.77. The number of nitro groups is 1. The average Bonchev–Trinajstić information content (AvgIpc) is 2.66. The molecule has 0 radical (unpaired) electrons. The molecule has 0 aliphatic rings. The van der Waals surface area contributed by atoms with Gasteiger partial charge in [-0.15, -0.1) is 0 Å². The molecular formula is C18H15ClN2O6. The molecule has 8 nitrogen and oxygen atoms in total. The number of amides is 1. The zero-order valence-corrected chi connectivity index (χ0v) is 14.8. The Hall–Kier alpha value is -3.26. The smallest absolute Gasteiger partial charge is 0.306 e. The monoisotopic (exact) mass is 390 g/mol. The van der Waals surface area contributed by atoms with Gasteiger partial charge in [0.2, 0.25) is 0 Å². The Morgan fingerprint density at radius 1 is 1.07 bits per heavy atom. The first-order valence-corrected chi connectivity index (χ1v) is 8.22. The van der Waals surface area contributed by atoms with Crippen molar-refractivity contribution in [2.75, 3.05) is 11.9 Å². The number of esters is 1. The van der Waals surface area contributed by atoms with E-state index >= 15 is 0 Å². The van der Waals surface area contributed by atoms with Crippen molar-refractivity contribution >= 4 is 40.6 Å². The summed E-state index contributed by atoms with van der Waals surface area (Å²) in [6.45, 7) is -0.564. The number of nitrogens with one attached hydrogen (secondary N) is 1. The molecule has 0 heterocycles. The fourth-order valence-electron chi connectivity index (χ4n) is 2.11. The Labute approximate surface area is 159 Å². The standard InChI is InChI=1S/C18H15ClN2O6/c19-14-10-13(21(25)26)6-7-15(14)20-17(23)11-27-18(24)9-8-16(22)12-4-2-1-3-5-12/h1-7,10H,8-9,11H2,(H,20,23). The molecule has 0 atom stereocenters. The number of carbonyl (C=O) groups excluding carboxylic acids is 3. The van der Waals surface area contributed by atoms with Crippen molar-refractivity contribution in [1.82, 2.24) is 0 Å². The molecule has 0 bridgehead atoms. The van der Waals surface area contributed by atoms with Crippen molar-refractivity contribution in [3.63, 3.8) is 0 Å². The molecule has 0 unspecified atom stereocenters. The van der Waals surface area contributed by atoms with Crippen LogP contribution in [0.4, 0.5) is 11.4 Å². The van der Waals surface area contributed by atoms with Crippen LogP contribution in [0.1, 0.15) is 23.2 Å². The van der Waals surface area contributed by atoms with E-state index in [-0.39, 0.29) is 35.0 Å². The van der Waals surface area contributed by atoms with E-state index in [4.69, 9.17) is 16.3 Å². The summed E-state index contributed by atoms with van der Waals surface area (Å²) in [4.78, 5) is 45.4. The minimum Gasteiger partial charge on any atom is -0.456 e. The molecule has 0 saturated heterocycles. The zero-order chi connectivity index (χ0) is 19.8. The number of halogens is 1. The number of benzene rings is 2. The summed E-state index contributed by atoms with van der Waals surface area (Å²) >= 11 is 5.86. The molecule has 1 amide bonds. The van der Waals surface area contributed by atoms with Gasteiger partial charge in [-0.1, -0.05) is 41.9 Å². The first-order chi connectivity index (χ1) is 12.9. The summed E-state index contributed by atoms with van der Waals surface area (Å²) in [5.41, 5.74) is 0.436. The molecule has 0 aromatic heterocycles. The molecule has 0 fully saturated rings. The predicted molar refractivity (Wildman–Crippen MR) is 97.7 cm³/mol. The lowest BCUT2D eigenvalue weighted by Crippen LogP contribution is -2.21. The van der Waals surface area contributed by atoms with E-state index in [1.54, 1.807) is 30.3 Å². The van der Waals surface area contributed by atoms with Gasteiger partial charge in [0.1, 0.15) is 0 Å². The normalized spacial score (nSPS) is 10.1. The number of non-ortho nitro benzene ring substituents is 1. The summed E-state index contributed by atoms with van der Waals surface area (Å²) in [5, 5.41) is 13.0. The Bertz CT molecular complexity index is 869. The van der Waals surface area contributed by atoms with Crippen LogP contribution in [0, 0.1) is 10.1 Å². The molecule has 1 N–H and O–H groups in total. The van der Waals surface area contributed by atoms with Gasteiger partial charge in [-0.3, -0.25) is 24.5 Å². The molecule has 140 valence electrons. The molecule has 0 aliphatic heterocycles. The van der Waals surface area contributed by atoms with Crippen LogP contribution in [-0.2, 0) is 14.3 Å². The van der Waals surface area contributed by atoms with Gasteiger partial charge >= 0.3 is 5.97 Å². The van der Waals surface area contributed by atoms with E-state index in [0.29, 0.717) is 5.56 Å². The number of ketones is 1. The molecule has 2 aromatic carbocycles. The second-order valence-electron chi connectivity index (χ2n) is 5.42. The minimum atomic E-state index is -0.691. The summed E-state index contributed by atoms with van der Waals surface area (Å²) in [5.74, 6) is -1.55. The van der Waals surface area contributed by atoms with E-state index in [1.165, 1.54) is 12.1 Å². The lowest BCUT2D eigenvalue weighted by atomic mass is 10.1. The van der Waals surface area contributed by atoms with Crippen molar-refractivity contribution in [2.45, 2.75) is 12.8 Å². The number of nitrogens with zero attached hydrogens (tertiary/aromatic N) is 1. The van der Waals surface area contributed by atoms with Gasteiger partial charge in [-0.2, -0.15) is 0 Å². The maximum atomic E-state index is 11.9. The van der Waals surface area contributed by atoms with Crippen LogP contribution in [0.25, 0.3) is 0 Å². The van der Waals surface area contributed by atoms with Crippen LogP contribution in [0.5, 0.6) is 0 Å². The van der Waals surface area contributed by atoms with Crippen molar-refractivity contribution in [2.24, 2.45) is 0 Å². The Morgan fingerprint density at radius 3 is 2.41 bits per heavy atom. The highest BCUT2D eigenvalue weighted by Gasteiger charge is 2.14. The topological polar surface area (TPSA) is 116 Å². The molecule has 9 heteroatoms. The summed E-state index contributed by atoms with van der Waals surface area (Å²) < 4.78 is 4.81. The SMILES string of the molecule is O=C(COC(=O)CCC(=O)c1ccccc1)Nc1ccc([N+](=O)[O-])cc1Cl. The first kappa shape index (κ1) is 20.1. The van der Waals surface area contributed by atoms with Gasteiger partial charge in [0.25, 0.3) is 11.6 Å². The third-order valence-electron chi connectivity index (χ3n) is 3.45. The van der Waals surface area contributed by atoms with Gasteiger partial charge in [0, 0.05) is 24.1 Å². The maximum absolute atomic E-state index is 11.9. The van der Waals surface area contributed by atoms with E-state index in [1.807, 2.05) is 0 Å². The van der Waals surface area contributed by atoms with Gasteiger partial charge in [0.05, 0.1) is 22.1 Å². The molecular weight excluding hydrogens is 376 g/mol. The second kappa shape index (κ2) is 9.44. The lowest BCUT2D eigenvalue weighted by molar-refractivity contribution is -0.384. The van der Waals surface area contributed by atoms with Gasteiger partial charge in [-0.05, 0) is 6.07 Å². The second-order valence-corrected chi connectivity index (χ2v) is 5.83. The van der Waals surface area contributed by atoms with Crippen LogP contribution in [0.3, 0.4) is 0 Å². The Morgan fingerprint density at radius 2 is 1.78 bits per heavy atom. The van der Waals surface area contributed by atoms with E-state index < -0.39 is 23.4 Å². The predicted octanol–water partition coefficient (Wildman–Crippen LogP) is 3.39. The number of Topliss-reactive ketones (excluding diaryl/α,β-unsaturated/α-hetero) is 1. The van der Waals surface area contributed by atoms with E-state index in [9.17, 15) is 24.5 Å². The fraction of sp³-hybridized carbons (Fsp3) is 0.167. The number of hydrogen-bond acceptors (Lipinski definition) is 6. The Kier molecular flexibility index (Phi) is 7.01.